The molecule has 3 rings (SSSR count). The number of carbonyl (C=O) groups excluding carboxylic acids is 2. The third-order valence-corrected chi connectivity index (χ3v) is 4.91. The van der Waals surface area contributed by atoms with Crippen molar-refractivity contribution in [1.29, 1.82) is 0 Å². The van der Waals surface area contributed by atoms with Crippen LogP contribution in [0.1, 0.15) is 32.4 Å². The molecule has 0 saturated carbocycles. The van der Waals surface area contributed by atoms with Crippen LogP contribution in [0.15, 0.2) is 66.0 Å². The predicted octanol–water partition coefficient (Wildman–Crippen LogP) is 3.82. The highest BCUT2D eigenvalue weighted by molar-refractivity contribution is 7.10. The molecule has 138 valence electrons. The summed E-state index contributed by atoms with van der Waals surface area (Å²) in [5.74, 6) is -1.33. The van der Waals surface area contributed by atoms with Gasteiger partial charge in [0.15, 0.2) is 6.61 Å². The van der Waals surface area contributed by atoms with Crippen molar-refractivity contribution in [3.05, 3.63) is 87.6 Å². The number of carbonyl (C=O) groups is 2. The zero-order valence-electron chi connectivity index (χ0n) is 14.7. The van der Waals surface area contributed by atoms with Crippen molar-refractivity contribution in [1.82, 2.24) is 5.32 Å². The van der Waals surface area contributed by atoms with Gasteiger partial charge >= 0.3 is 5.97 Å². The predicted molar refractivity (Wildman–Crippen MR) is 104 cm³/mol. The number of hydrogen-bond donors (Lipinski definition) is 2. The Bertz CT molecular complexity index is 923. The second-order valence-corrected chi connectivity index (χ2v) is 7.00. The number of phenolic OH excluding ortho intramolecular Hbond substituents is 1. The van der Waals surface area contributed by atoms with Gasteiger partial charge in [0.1, 0.15) is 11.3 Å². The molecule has 0 aliphatic heterocycles. The standard InChI is InChI=1S/C21H19NO4S/c1-14-9-10-16(17(23)12-14)21(25)26-13-19(24)22-20(18-8-5-11-27-18)15-6-3-2-4-7-15/h2-12,20,23H,13H2,1H3,(H,22,24). The van der Waals surface area contributed by atoms with E-state index in [1.807, 2.05) is 47.8 Å². The number of hydrogen-bond acceptors (Lipinski definition) is 5. The van der Waals surface area contributed by atoms with Crippen molar-refractivity contribution in [2.75, 3.05) is 6.61 Å². The van der Waals surface area contributed by atoms with E-state index in [1.165, 1.54) is 23.5 Å². The summed E-state index contributed by atoms with van der Waals surface area (Å²) in [6, 6.07) is 17.8. The molecule has 5 nitrogen and oxygen atoms in total. The molecule has 1 unspecified atom stereocenters. The minimum atomic E-state index is -0.741. The van der Waals surface area contributed by atoms with E-state index in [9.17, 15) is 14.7 Å². The van der Waals surface area contributed by atoms with Crippen LogP contribution < -0.4 is 5.32 Å². The average Bonchev–Trinajstić information content (AvgIpc) is 3.19. The van der Waals surface area contributed by atoms with Crippen LogP contribution in [-0.4, -0.2) is 23.6 Å². The molecule has 0 aliphatic carbocycles. The van der Waals surface area contributed by atoms with Crippen LogP contribution in [0.5, 0.6) is 5.75 Å². The summed E-state index contributed by atoms with van der Waals surface area (Å²) < 4.78 is 5.06. The van der Waals surface area contributed by atoms with Crippen LogP contribution in [0, 0.1) is 6.92 Å². The molecule has 6 heteroatoms. The van der Waals surface area contributed by atoms with E-state index in [2.05, 4.69) is 5.32 Å². The molecule has 3 aromatic rings. The summed E-state index contributed by atoms with van der Waals surface area (Å²) >= 11 is 1.54. The molecule has 0 fully saturated rings. The molecule has 0 radical (unpaired) electrons. The first kappa shape index (κ1) is 18.7. The zero-order valence-corrected chi connectivity index (χ0v) is 15.5. The quantitative estimate of drug-likeness (QED) is 0.637. The number of nitrogens with one attached hydrogen (secondary N) is 1. The van der Waals surface area contributed by atoms with Gasteiger partial charge in [0.05, 0.1) is 6.04 Å². The van der Waals surface area contributed by atoms with Crippen molar-refractivity contribution in [3.8, 4) is 5.75 Å². The summed E-state index contributed by atoms with van der Waals surface area (Å²) in [6.45, 7) is 1.37. The average molecular weight is 381 g/mol. The molecular weight excluding hydrogens is 362 g/mol. The maximum absolute atomic E-state index is 12.4. The molecule has 0 aliphatic rings. The molecule has 1 atom stereocenters. The van der Waals surface area contributed by atoms with Gasteiger partial charge in [-0.25, -0.2) is 4.79 Å². The SMILES string of the molecule is Cc1ccc(C(=O)OCC(=O)NC(c2ccccc2)c2cccs2)c(O)c1. The number of esters is 1. The van der Waals surface area contributed by atoms with Crippen molar-refractivity contribution in [2.45, 2.75) is 13.0 Å². The zero-order chi connectivity index (χ0) is 19.2. The molecule has 27 heavy (non-hydrogen) atoms. The Labute approximate surface area is 161 Å². The topological polar surface area (TPSA) is 75.6 Å². The Kier molecular flexibility index (Phi) is 5.88. The third-order valence-electron chi connectivity index (χ3n) is 3.97. The largest absolute Gasteiger partial charge is 0.507 e. The van der Waals surface area contributed by atoms with Crippen molar-refractivity contribution >= 4 is 23.2 Å². The van der Waals surface area contributed by atoms with Gasteiger partial charge in [-0.2, -0.15) is 0 Å². The van der Waals surface area contributed by atoms with Crippen molar-refractivity contribution in [2.24, 2.45) is 0 Å². The summed E-state index contributed by atoms with van der Waals surface area (Å²) in [4.78, 5) is 25.4. The van der Waals surface area contributed by atoms with Crippen LogP contribution in [0.4, 0.5) is 0 Å². The van der Waals surface area contributed by atoms with Gasteiger partial charge in [-0.3, -0.25) is 4.79 Å². The molecule has 0 spiro atoms. The highest BCUT2D eigenvalue weighted by Gasteiger charge is 2.19. The lowest BCUT2D eigenvalue weighted by Crippen LogP contribution is -2.32. The summed E-state index contributed by atoms with van der Waals surface area (Å²) in [7, 11) is 0. The van der Waals surface area contributed by atoms with Crippen LogP contribution >= 0.6 is 11.3 Å². The molecule has 1 amide bonds. The summed E-state index contributed by atoms with van der Waals surface area (Å²) in [6.07, 6.45) is 0. The molecule has 0 bridgehead atoms. The Morgan fingerprint density at radius 3 is 2.56 bits per heavy atom. The first-order valence-corrected chi connectivity index (χ1v) is 9.27. The van der Waals surface area contributed by atoms with Gasteiger partial charge in [0.2, 0.25) is 0 Å². The lowest BCUT2D eigenvalue weighted by molar-refractivity contribution is -0.124. The molecule has 1 aromatic heterocycles. The van der Waals surface area contributed by atoms with E-state index in [0.29, 0.717) is 0 Å². The molecule has 1 heterocycles. The van der Waals surface area contributed by atoms with E-state index < -0.39 is 18.5 Å². The number of ether oxygens (including phenoxy) is 1. The van der Waals surface area contributed by atoms with Crippen LogP contribution in [0.25, 0.3) is 0 Å². The van der Waals surface area contributed by atoms with Crippen LogP contribution in [0.2, 0.25) is 0 Å². The fourth-order valence-corrected chi connectivity index (χ4v) is 3.45. The first-order chi connectivity index (χ1) is 13.0. The van der Waals surface area contributed by atoms with Gasteiger partial charge in [0, 0.05) is 4.88 Å². The summed E-state index contributed by atoms with van der Waals surface area (Å²) in [5, 5.41) is 14.7. The highest BCUT2D eigenvalue weighted by atomic mass is 32.1. The fourth-order valence-electron chi connectivity index (χ4n) is 2.65. The van der Waals surface area contributed by atoms with Gasteiger partial charge in [-0.15, -0.1) is 11.3 Å². The molecular formula is C21H19NO4S. The number of benzene rings is 2. The third kappa shape index (κ3) is 4.74. The maximum atomic E-state index is 12.4. The van der Waals surface area contributed by atoms with Gasteiger partial charge in [-0.05, 0) is 41.6 Å². The first-order valence-electron chi connectivity index (χ1n) is 8.39. The summed E-state index contributed by atoms with van der Waals surface area (Å²) in [5.41, 5.74) is 1.80. The minimum Gasteiger partial charge on any atom is -0.507 e. The smallest absolute Gasteiger partial charge is 0.342 e. The second kappa shape index (κ2) is 8.51. The van der Waals surface area contributed by atoms with Crippen LogP contribution in [0.3, 0.4) is 0 Å². The van der Waals surface area contributed by atoms with Gasteiger partial charge in [-0.1, -0.05) is 42.5 Å². The number of rotatable bonds is 6. The minimum absolute atomic E-state index is 0.0336. The Morgan fingerprint density at radius 1 is 1.11 bits per heavy atom. The van der Waals surface area contributed by atoms with E-state index in [-0.39, 0.29) is 17.4 Å². The Balaban J connectivity index is 1.65. The molecule has 2 N–H and O–H groups in total. The number of phenols is 1. The van der Waals surface area contributed by atoms with Gasteiger partial charge < -0.3 is 15.2 Å². The number of aromatic hydroxyl groups is 1. The monoisotopic (exact) mass is 381 g/mol. The van der Waals surface area contributed by atoms with Crippen LogP contribution in [-0.2, 0) is 9.53 Å². The van der Waals surface area contributed by atoms with E-state index in [1.54, 1.807) is 13.0 Å². The number of amides is 1. The lowest BCUT2D eigenvalue weighted by Gasteiger charge is -2.18. The van der Waals surface area contributed by atoms with E-state index >= 15 is 0 Å². The maximum Gasteiger partial charge on any atom is 0.342 e. The van der Waals surface area contributed by atoms with Crippen molar-refractivity contribution < 1.29 is 19.4 Å². The second-order valence-electron chi connectivity index (χ2n) is 6.02. The number of thiophene rings is 1. The number of aryl methyl sites for hydroxylation is 1. The Morgan fingerprint density at radius 2 is 1.89 bits per heavy atom. The van der Waals surface area contributed by atoms with E-state index in [0.717, 1.165) is 16.0 Å². The van der Waals surface area contributed by atoms with Gasteiger partial charge in [0.25, 0.3) is 5.91 Å². The molecule has 0 saturated heterocycles. The normalized spacial score (nSPS) is 11.6. The molecule has 2 aromatic carbocycles. The van der Waals surface area contributed by atoms with E-state index in [4.69, 9.17) is 4.74 Å². The lowest BCUT2D eigenvalue weighted by atomic mass is 10.1. The van der Waals surface area contributed by atoms with Crippen molar-refractivity contribution in [3.63, 3.8) is 0 Å². The fraction of sp³-hybridized carbons (Fsp3) is 0.143. The highest BCUT2D eigenvalue weighted by Crippen LogP contribution is 2.26. The Hall–Kier alpha value is -3.12.